The molecule has 0 amide bonds. The standard InChI is InChI=1S/C11H17ClN2O3S/c1-7-4-9(5-10(13)11(7)12)18(16,17)14(3)8(2)6-15/h4-5,8,15H,6,13H2,1-3H3. The van der Waals surface area contributed by atoms with Gasteiger partial charge in [-0.3, -0.25) is 0 Å². The summed E-state index contributed by atoms with van der Waals surface area (Å²) in [5.74, 6) is 0. The van der Waals surface area contributed by atoms with Gasteiger partial charge in [0.2, 0.25) is 10.0 Å². The number of nitrogens with zero attached hydrogens (tertiary/aromatic N) is 1. The van der Waals surface area contributed by atoms with Crippen molar-refractivity contribution in [1.29, 1.82) is 0 Å². The van der Waals surface area contributed by atoms with Crippen LogP contribution in [0.3, 0.4) is 0 Å². The van der Waals surface area contributed by atoms with Crippen LogP contribution in [0.5, 0.6) is 0 Å². The molecule has 1 atom stereocenters. The highest BCUT2D eigenvalue weighted by Crippen LogP contribution is 2.28. The van der Waals surface area contributed by atoms with E-state index >= 15 is 0 Å². The van der Waals surface area contributed by atoms with Crippen molar-refractivity contribution in [2.45, 2.75) is 24.8 Å². The van der Waals surface area contributed by atoms with Gasteiger partial charge in [-0.25, -0.2) is 8.42 Å². The van der Waals surface area contributed by atoms with E-state index in [0.717, 1.165) is 4.31 Å². The third-order valence-electron chi connectivity index (χ3n) is 2.82. The second-order valence-electron chi connectivity index (χ2n) is 4.20. The fourth-order valence-corrected chi connectivity index (χ4v) is 3.01. The summed E-state index contributed by atoms with van der Waals surface area (Å²) in [6.45, 7) is 3.05. The van der Waals surface area contributed by atoms with Crippen LogP contribution in [0.15, 0.2) is 17.0 Å². The molecule has 0 radical (unpaired) electrons. The average molecular weight is 293 g/mol. The maximum atomic E-state index is 12.3. The number of aliphatic hydroxyl groups is 1. The lowest BCUT2D eigenvalue weighted by Crippen LogP contribution is -2.37. The predicted molar refractivity (Wildman–Crippen MR) is 72.1 cm³/mol. The summed E-state index contributed by atoms with van der Waals surface area (Å²) in [6.07, 6.45) is 0. The quantitative estimate of drug-likeness (QED) is 0.818. The number of nitrogens with two attached hydrogens (primary N) is 1. The highest BCUT2D eigenvalue weighted by molar-refractivity contribution is 7.89. The van der Waals surface area contributed by atoms with E-state index < -0.39 is 16.1 Å². The number of anilines is 1. The van der Waals surface area contributed by atoms with Crippen LogP contribution in [-0.2, 0) is 10.0 Å². The Labute approximate surface area is 112 Å². The smallest absolute Gasteiger partial charge is 0.243 e. The van der Waals surface area contributed by atoms with Crippen molar-refractivity contribution in [2.75, 3.05) is 19.4 Å². The number of likely N-dealkylation sites (N-methyl/N-ethyl adjacent to an activating group) is 1. The molecule has 0 aliphatic heterocycles. The molecule has 0 aliphatic carbocycles. The van der Waals surface area contributed by atoms with Crippen molar-refractivity contribution in [2.24, 2.45) is 0 Å². The van der Waals surface area contributed by atoms with E-state index in [1.54, 1.807) is 13.8 Å². The first kappa shape index (κ1) is 15.2. The van der Waals surface area contributed by atoms with Crippen LogP contribution >= 0.6 is 11.6 Å². The minimum absolute atomic E-state index is 0.0738. The second-order valence-corrected chi connectivity index (χ2v) is 6.57. The minimum Gasteiger partial charge on any atom is -0.397 e. The molecule has 0 saturated heterocycles. The maximum Gasteiger partial charge on any atom is 0.243 e. The van der Waals surface area contributed by atoms with Gasteiger partial charge >= 0.3 is 0 Å². The Bertz CT molecular complexity index is 522. The molecule has 0 aromatic heterocycles. The van der Waals surface area contributed by atoms with Crippen LogP contribution in [-0.4, -0.2) is 37.5 Å². The second kappa shape index (κ2) is 5.44. The van der Waals surface area contributed by atoms with E-state index in [9.17, 15) is 8.42 Å². The Kier molecular flexibility index (Phi) is 4.61. The first-order chi connectivity index (χ1) is 8.21. The Hall–Kier alpha value is -0.820. The molecule has 7 heteroatoms. The zero-order valence-corrected chi connectivity index (χ0v) is 12.1. The van der Waals surface area contributed by atoms with Crippen molar-refractivity contribution in [3.63, 3.8) is 0 Å². The summed E-state index contributed by atoms with van der Waals surface area (Å²) < 4.78 is 25.6. The highest BCUT2D eigenvalue weighted by atomic mass is 35.5. The number of benzene rings is 1. The van der Waals surface area contributed by atoms with Gasteiger partial charge in [0, 0.05) is 13.1 Å². The summed E-state index contributed by atoms with van der Waals surface area (Å²) in [6, 6.07) is 2.28. The number of sulfonamides is 1. The van der Waals surface area contributed by atoms with Gasteiger partial charge in [0.25, 0.3) is 0 Å². The summed E-state index contributed by atoms with van der Waals surface area (Å²) >= 11 is 5.90. The van der Waals surface area contributed by atoms with Gasteiger partial charge in [-0.05, 0) is 31.5 Å². The van der Waals surface area contributed by atoms with Crippen LogP contribution in [0.25, 0.3) is 0 Å². The van der Waals surface area contributed by atoms with Crippen LogP contribution in [0.2, 0.25) is 5.02 Å². The normalized spacial score (nSPS) is 13.9. The van der Waals surface area contributed by atoms with Crippen LogP contribution < -0.4 is 5.73 Å². The molecular formula is C11H17ClN2O3S. The van der Waals surface area contributed by atoms with Crippen LogP contribution in [0, 0.1) is 6.92 Å². The number of nitrogen functional groups attached to an aromatic ring is 1. The fourth-order valence-electron chi connectivity index (χ4n) is 1.43. The van der Waals surface area contributed by atoms with Crippen molar-refractivity contribution in [3.05, 3.63) is 22.7 Å². The number of halogens is 1. The molecule has 0 saturated carbocycles. The van der Waals surface area contributed by atoms with E-state index in [1.807, 2.05) is 0 Å². The van der Waals surface area contributed by atoms with Gasteiger partial charge in [0.05, 0.1) is 22.2 Å². The predicted octanol–water partition coefficient (Wildman–Crippen LogP) is 1.23. The molecule has 1 aromatic rings. The van der Waals surface area contributed by atoms with Crippen molar-refractivity contribution < 1.29 is 13.5 Å². The molecule has 5 nitrogen and oxygen atoms in total. The monoisotopic (exact) mass is 292 g/mol. The third-order valence-corrected chi connectivity index (χ3v) is 5.28. The van der Waals surface area contributed by atoms with Crippen LogP contribution in [0.4, 0.5) is 5.69 Å². The molecule has 1 rings (SSSR count). The topological polar surface area (TPSA) is 83.6 Å². The highest BCUT2D eigenvalue weighted by Gasteiger charge is 2.25. The minimum atomic E-state index is -3.68. The Balaban J connectivity index is 3.29. The molecular weight excluding hydrogens is 276 g/mol. The third kappa shape index (κ3) is 2.77. The summed E-state index contributed by atoms with van der Waals surface area (Å²) in [5.41, 5.74) is 6.48. The Morgan fingerprint density at radius 2 is 2.06 bits per heavy atom. The summed E-state index contributed by atoms with van der Waals surface area (Å²) in [5, 5.41) is 9.37. The number of hydrogen-bond donors (Lipinski definition) is 2. The number of aryl methyl sites for hydroxylation is 1. The fraction of sp³-hybridized carbons (Fsp3) is 0.455. The SMILES string of the molecule is Cc1cc(S(=O)(=O)N(C)C(C)CO)cc(N)c1Cl. The molecule has 0 spiro atoms. The first-order valence-corrected chi connectivity index (χ1v) is 7.18. The van der Waals surface area contributed by atoms with Gasteiger partial charge in [-0.2, -0.15) is 4.31 Å². The van der Waals surface area contributed by atoms with Gasteiger partial charge in [-0.1, -0.05) is 11.6 Å². The lowest BCUT2D eigenvalue weighted by molar-refractivity contribution is 0.214. The van der Waals surface area contributed by atoms with E-state index in [1.165, 1.54) is 19.2 Å². The molecule has 0 fully saturated rings. The van der Waals surface area contributed by atoms with E-state index in [2.05, 4.69) is 0 Å². The lowest BCUT2D eigenvalue weighted by atomic mass is 10.2. The van der Waals surface area contributed by atoms with Gasteiger partial charge in [0.1, 0.15) is 0 Å². The maximum absolute atomic E-state index is 12.3. The zero-order chi connectivity index (χ0) is 14.1. The van der Waals surface area contributed by atoms with Crippen LogP contribution in [0.1, 0.15) is 12.5 Å². The number of hydrogen-bond acceptors (Lipinski definition) is 4. The number of rotatable bonds is 4. The van der Waals surface area contributed by atoms with E-state index in [0.29, 0.717) is 10.6 Å². The van der Waals surface area contributed by atoms with E-state index in [-0.39, 0.29) is 17.2 Å². The zero-order valence-electron chi connectivity index (χ0n) is 10.5. The molecule has 0 aliphatic rings. The molecule has 102 valence electrons. The molecule has 3 N–H and O–H groups in total. The Morgan fingerprint density at radius 1 is 1.50 bits per heavy atom. The van der Waals surface area contributed by atoms with E-state index in [4.69, 9.17) is 22.4 Å². The lowest BCUT2D eigenvalue weighted by Gasteiger charge is -2.23. The molecule has 0 bridgehead atoms. The summed E-state index contributed by atoms with van der Waals surface area (Å²) in [4.78, 5) is 0.0738. The van der Waals surface area contributed by atoms with Crippen molar-refractivity contribution in [1.82, 2.24) is 4.31 Å². The van der Waals surface area contributed by atoms with Crippen molar-refractivity contribution >= 4 is 27.3 Å². The van der Waals surface area contributed by atoms with Gasteiger partial charge < -0.3 is 10.8 Å². The molecule has 1 aromatic carbocycles. The largest absolute Gasteiger partial charge is 0.397 e. The van der Waals surface area contributed by atoms with Gasteiger partial charge in [-0.15, -0.1) is 0 Å². The molecule has 18 heavy (non-hydrogen) atoms. The molecule has 1 unspecified atom stereocenters. The first-order valence-electron chi connectivity index (χ1n) is 5.36. The average Bonchev–Trinajstić information content (AvgIpc) is 2.33. The molecule has 0 heterocycles. The summed E-state index contributed by atoms with van der Waals surface area (Å²) in [7, 11) is -2.26. The number of aliphatic hydroxyl groups excluding tert-OH is 1. The Morgan fingerprint density at radius 3 is 2.50 bits per heavy atom. The van der Waals surface area contributed by atoms with Gasteiger partial charge in [0.15, 0.2) is 0 Å². The van der Waals surface area contributed by atoms with Crippen molar-refractivity contribution in [3.8, 4) is 0 Å².